The third kappa shape index (κ3) is 8.05. The van der Waals surface area contributed by atoms with E-state index in [4.69, 9.17) is 0 Å². The fourth-order valence-electron chi connectivity index (χ4n) is 4.48. The van der Waals surface area contributed by atoms with Crippen molar-refractivity contribution < 1.29 is 27.9 Å². The summed E-state index contributed by atoms with van der Waals surface area (Å²) in [7, 11) is 0. The fourth-order valence-corrected chi connectivity index (χ4v) is 4.48. The minimum Gasteiger partial charge on any atom is -0.390 e. The van der Waals surface area contributed by atoms with Crippen LogP contribution in [-0.4, -0.2) is 53.2 Å². The lowest BCUT2D eigenvalue weighted by Gasteiger charge is -2.26. The first kappa shape index (κ1) is 28.1. The molecule has 39 heavy (non-hydrogen) atoms. The molecular weight excluding hydrogens is 509 g/mol. The highest BCUT2D eigenvalue weighted by Crippen LogP contribution is 2.29. The molecule has 4 rings (SSSR count). The van der Waals surface area contributed by atoms with Crippen molar-refractivity contribution in [1.82, 2.24) is 20.9 Å². The molecule has 1 heterocycles. The summed E-state index contributed by atoms with van der Waals surface area (Å²) in [5.41, 5.74) is 1.52. The number of rotatable bonds is 11. The molecule has 3 aromatic carbocycles. The molecule has 0 aliphatic carbocycles. The normalized spacial score (nSPS) is 17.0. The molecular formula is C29H31F3N4O3. The summed E-state index contributed by atoms with van der Waals surface area (Å²) in [6.45, 7) is 0.693. The van der Waals surface area contributed by atoms with Crippen molar-refractivity contribution in [2.45, 2.75) is 43.9 Å². The van der Waals surface area contributed by atoms with Crippen LogP contribution in [0.3, 0.4) is 0 Å². The van der Waals surface area contributed by atoms with Crippen molar-refractivity contribution >= 4 is 11.9 Å². The van der Waals surface area contributed by atoms with Gasteiger partial charge in [0.25, 0.3) is 0 Å². The smallest absolute Gasteiger partial charge is 0.390 e. The monoisotopic (exact) mass is 540 g/mol. The van der Waals surface area contributed by atoms with Gasteiger partial charge < -0.3 is 26.0 Å². The third-order valence-electron chi connectivity index (χ3n) is 6.55. The van der Waals surface area contributed by atoms with Crippen LogP contribution in [0.25, 0.3) is 0 Å². The molecule has 4 N–H and O–H groups in total. The second kappa shape index (κ2) is 12.8. The summed E-state index contributed by atoms with van der Waals surface area (Å²) < 4.78 is 39.0. The fraction of sp³-hybridized carbons (Fsp3) is 0.310. The molecule has 10 heteroatoms. The molecule has 206 valence electrons. The summed E-state index contributed by atoms with van der Waals surface area (Å²) in [4.78, 5) is 27.2. The Labute approximate surface area is 225 Å². The number of carbonyl (C=O) groups is 2. The second-order valence-electron chi connectivity index (χ2n) is 9.57. The molecule has 3 amide bonds. The maximum atomic E-state index is 13.1. The Morgan fingerprint density at radius 1 is 0.974 bits per heavy atom. The molecule has 7 nitrogen and oxygen atoms in total. The van der Waals surface area contributed by atoms with Crippen LogP contribution in [0, 0.1) is 0 Å². The van der Waals surface area contributed by atoms with Crippen molar-refractivity contribution in [2.24, 2.45) is 0 Å². The largest absolute Gasteiger partial charge is 0.416 e. The average Bonchev–Trinajstić information content (AvgIpc) is 3.29. The number of aliphatic hydroxyl groups is 1. The van der Waals surface area contributed by atoms with Crippen LogP contribution >= 0.6 is 0 Å². The predicted molar refractivity (Wildman–Crippen MR) is 140 cm³/mol. The lowest BCUT2D eigenvalue weighted by molar-refractivity contribution is -0.137. The van der Waals surface area contributed by atoms with E-state index >= 15 is 0 Å². The van der Waals surface area contributed by atoms with Crippen molar-refractivity contribution in [2.75, 3.05) is 13.1 Å². The molecule has 3 aromatic rings. The minimum atomic E-state index is -4.44. The third-order valence-corrected chi connectivity index (χ3v) is 6.55. The predicted octanol–water partition coefficient (Wildman–Crippen LogP) is 3.48. The molecule has 0 saturated carbocycles. The van der Waals surface area contributed by atoms with E-state index in [0.717, 1.165) is 23.3 Å². The number of hydrogen-bond donors (Lipinski definition) is 4. The van der Waals surface area contributed by atoms with Crippen LogP contribution < -0.4 is 16.0 Å². The van der Waals surface area contributed by atoms with E-state index in [9.17, 15) is 27.9 Å². The van der Waals surface area contributed by atoms with Gasteiger partial charge in [0.1, 0.15) is 6.04 Å². The first-order chi connectivity index (χ1) is 18.7. The van der Waals surface area contributed by atoms with E-state index in [0.29, 0.717) is 18.5 Å². The Morgan fingerprint density at radius 3 is 2.28 bits per heavy atom. The number of amides is 3. The van der Waals surface area contributed by atoms with E-state index in [-0.39, 0.29) is 25.7 Å². The molecule has 0 spiro atoms. The van der Waals surface area contributed by atoms with E-state index < -0.39 is 35.8 Å². The van der Waals surface area contributed by atoms with Crippen LogP contribution in [0.5, 0.6) is 0 Å². The molecule has 3 atom stereocenters. The van der Waals surface area contributed by atoms with Crippen LogP contribution in [0.1, 0.15) is 22.3 Å². The van der Waals surface area contributed by atoms with Gasteiger partial charge in [-0.3, -0.25) is 4.79 Å². The van der Waals surface area contributed by atoms with Gasteiger partial charge in [-0.25, -0.2) is 4.79 Å². The van der Waals surface area contributed by atoms with Crippen LogP contribution in [-0.2, 0) is 30.5 Å². The number of nitrogens with one attached hydrogen (secondary N) is 3. The number of urea groups is 1. The van der Waals surface area contributed by atoms with Gasteiger partial charge in [-0.15, -0.1) is 0 Å². The van der Waals surface area contributed by atoms with E-state index in [1.807, 2.05) is 60.7 Å². The Kier molecular flexibility index (Phi) is 9.21. The lowest BCUT2D eigenvalue weighted by Crippen LogP contribution is -2.53. The Bertz CT molecular complexity index is 1240. The van der Waals surface area contributed by atoms with Crippen LogP contribution in [0.4, 0.5) is 18.0 Å². The molecule has 1 aliphatic heterocycles. The highest BCUT2D eigenvalue weighted by atomic mass is 19.4. The number of halogens is 3. The van der Waals surface area contributed by atoms with Gasteiger partial charge in [-0.05, 0) is 29.2 Å². The number of aliphatic hydroxyl groups excluding tert-OH is 1. The van der Waals surface area contributed by atoms with Gasteiger partial charge in [0, 0.05) is 19.6 Å². The number of carbonyl (C=O) groups excluding carboxylic acids is 2. The molecule has 1 aliphatic rings. The zero-order chi connectivity index (χ0) is 27.8. The zero-order valence-electron chi connectivity index (χ0n) is 21.2. The van der Waals surface area contributed by atoms with Crippen molar-refractivity contribution in [3.05, 3.63) is 107 Å². The number of nitrogens with zero attached hydrogens (tertiary/aromatic N) is 1. The van der Waals surface area contributed by atoms with Crippen molar-refractivity contribution in [1.29, 1.82) is 0 Å². The van der Waals surface area contributed by atoms with Gasteiger partial charge in [0.15, 0.2) is 0 Å². The van der Waals surface area contributed by atoms with Crippen molar-refractivity contribution in [3.63, 3.8) is 0 Å². The van der Waals surface area contributed by atoms with E-state index in [2.05, 4.69) is 16.0 Å². The van der Waals surface area contributed by atoms with Crippen LogP contribution in [0.2, 0.25) is 0 Å². The second-order valence-corrected chi connectivity index (χ2v) is 9.57. The quantitative estimate of drug-likeness (QED) is 0.300. The molecule has 0 bridgehead atoms. The highest BCUT2D eigenvalue weighted by Gasteiger charge is 2.35. The lowest BCUT2D eigenvalue weighted by atomic mass is 10.0. The Hall–Kier alpha value is -3.89. The van der Waals surface area contributed by atoms with E-state index in [1.165, 1.54) is 6.07 Å². The van der Waals surface area contributed by atoms with Gasteiger partial charge >= 0.3 is 12.2 Å². The Morgan fingerprint density at radius 2 is 1.62 bits per heavy atom. The SMILES string of the molecule is O=C(N[C@@H](Cc1ccccc1)[C@H](O)CNCc1cccc(C(F)(F)F)c1)[C@@H]1CN(Cc2ccccc2)C(=O)N1. The summed E-state index contributed by atoms with van der Waals surface area (Å²) >= 11 is 0. The van der Waals surface area contributed by atoms with E-state index in [1.54, 1.807) is 11.0 Å². The van der Waals surface area contributed by atoms with Gasteiger partial charge in [0.05, 0.1) is 24.3 Å². The molecule has 1 fully saturated rings. The maximum Gasteiger partial charge on any atom is 0.416 e. The highest BCUT2D eigenvalue weighted by molar-refractivity contribution is 5.90. The summed E-state index contributed by atoms with van der Waals surface area (Å²) in [6, 6.07) is 21.9. The van der Waals surface area contributed by atoms with Gasteiger partial charge in [-0.1, -0.05) is 78.9 Å². The Balaban J connectivity index is 1.37. The number of alkyl halides is 3. The molecule has 0 aromatic heterocycles. The zero-order valence-corrected chi connectivity index (χ0v) is 21.2. The topological polar surface area (TPSA) is 93.7 Å². The first-order valence-corrected chi connectivity index (χ1v) is 12.7. The summed E-state index contributed by atoms with van der Waals surface area (Å²) in [5.74, 6) is -0.420. The molecule has 0 radical (unpaired) electrons. The molecule has 0 unspecified atom stereocenters. The average molecular weight is 541 g/mol. The van der Waals surface area contributed by atoms with Crippen LogP contribution in [0.15, 0.2) is 84.9 Å². The number of benzene rings is 3. The minimum absolute atomic E-state index is 0.0329. The van der Waals surface area contributed by atoms with Gasteiger partial charge in [0.2, 0.25) is 5.91 Å². The maximum absolute atomic E-state index is 13.1. The van der Waals surface area contributed by atoms with Gasteiger partial charge in [-0.2, -0.15) is 13.2 Å². The summed E-state index contributed by atoms with van der Waals surface area (Å²) in [6.07, 6.45) is -5.15. The molecule has 1 saturated heterocycles. The van der Waals surface area contributed by atoms with Crippen molar-refractivity contribution in [3.8, 4) is 0 Å². The number of hydrogen-bond acceptors (Lipinski definition) is 4. The summed E-state index contributed by atoms with van der Waals surface area (Å²) in [5, 5.41) is 19.5. The first-order valence-electron chi connectivity index (χ1n) is 12.7. The standard InChI is InChI=1S/C29H31F3N4O3/c30-29(31,32)23-13-7-12-22(14-23)16-33-17-26(37)24(15-20-8-3-1-4-9-20)34-27(38)25-19-36(28(39)35-25)18-21-10-5-2-6-11-21/h1-14,24-26,33,37H,15-19H2,(H,34,38)(H,35,39)/t24-,25-,26+/m0/s1.